The predicted octanol–water partition coefficient (Wildman–Crippen LogP) is 1.68. The average molecular weight is 251 g/mol. The van der Waals surface area contributed by atoms with E-state index >= 15 is 0 Å². The van der Waals surface area contributed by atoms with Gasteiger partial charge >= 0.3 is 0 Å². The third-order valence-corrected chi connectivity index (χ3v) is 2.47. The van der Waals surface area contributed by atoms with Gasteiger partial charge in [0.2, 0.25) is 0 Å². The predicted molar refractivity (Wildman–Crippen MR) is 47.5 cm³/mol. The second kappa shape index (κ2) is 3.54. The van der Waals surface area contributed by atoms with E-state index in [9.17, 15) is 0 Å². The molecule has 0 spiro atoms. The molecular formula is C9H12N3Y-. The van der Waals surface area contributed by atoms with Crippen LogP contribution in [0, 0.1) is 27.7 Å². The number of hydrogen-bond donors (Lipinski definition) is 0. The van der Waals surface area contributed by atoms with Crippen molar-refractivity contribution in [2.45, 2.75) is 27.7 Å². The normalized spacial score (nSPS) is 10.5. The molecule has 0 aromatic carbocycles. The Morgan fingerprint density at radius 2 is 1.85 bits per heavy atom. The van der Waals surface area contributed by atoms with Gasteiger partial charge in [0.05, 0.1) is 5.65 Å². The molecule has 2 heterocycles. The maximum atomic E-state index is 4.35. The molecule has 13 heavy (non-hydrogen) atoms. The Bertz CT molecular complexity index is 402. The van der Waals surface area contributed by atoms with Crippen LogP contribution in [0.2, 0.25) is 0 Å². The van der Waals surface area contributed by atoms with Crippen molar-refractivity contribution < 1.29 is 32.7 Å². The third-order valence-electron chi connectivity index (χ3n) is 2.47. The minimum Gasteiger partial charge on any atom is -0.314 e. The number of hydrogen-bond acceptors (Lipinski definition) is 2. The van der Waals surface area contributed by atoms with Crippen LogP contribution in [0.15, 0.2) is 0 Å². The van der Waals surface area contributed by atoms with Crippen LogP contribution in [0.1, 0.15) is 22.6 Å². The smallest absolute Gasteiger partial charge is 0.144 e. The maximum Gasteiger partial charge on any atom is 0.144 e. The van der Waals surface area contributed by atoms with Gasteiger partial charge in [-0.25, -0.2) is 4.98 Å². The molecule has 0 unspecified atom stereocenters. The molecule has 0 atom stereocenters. The standard InChI is InChI=1S/C9H12N3.Y/c1-5-6(2)9-10-8(4)11-12(9)7(5)3;/h1-4H3;/q-1;. The minimum atomic E-state index is 0. The van der Waals surface area contributed by atoms with E-state index in [1.54, 1.807) is 0 Å². The fraction of sp³-hybridized carbons (Fsp3) is 0.444. The van der Waals surface area contributed by atoms with E-state index in [2.05, 4.69) is 30.9 Å². The Morgan fingerprint density at radius 3 is 2.38 bits per heavy atom. The summed E-state index contributed by atoms with van der Waals surface area (Å²) in [5.41, 5.74) is 4.74. The molecule has 0 aliphatic heterocycles. The molecule has 0 N–H and O–H groups in total. The van der Waals surface area contributed by atoms with Gasteiger partial charge in [-0.05, 0) is 6.92 Å². The van der Waals surface area contributed by atoms with E-state index in [0.717, 1.165) is 11.5 Å². The van der Waals surface area contributed by atoms with Crippen molar-refractivity contribution in [2.75, 3.05) is 0 Å². The molecule has 1 radical (unpaired) electrons. The molecule has 0 saturated heterocycles. The quantitative estimate of drug-likeness (QED) is 0.667. The van der Waals surface area contributed by atoms with E-state index in [0.29, 0.717) is 0 Å². The number of aromatic nitrogens is 3. The Balaban J connectivity index is 0.000000845. The topological polar surface area (TPSA) is 30.2 Å². The molecule has 0 aliphatic rings. The van der Waals surface area contributed by atoms with Crippen molar-refractivity contribution in [2.24, 2.45) is 0 Å². The fourth-order valence-corrected chi connectivity index (χ4v) is 1.49. The second-order valence-electron chi connectivity index (χ2n) is 3.23. The van der Waals surface area contributed by atoms with Crippen molar-refractivity contribution >= 4 is 5.65 Å². The first kappa shape index (κ1) is 10.9. The van der Waals surface area contributed by atoms with E-state index in [4.69, 9.17) is 0 Å². The van der Waals surface area contributed by atoms with Crippen LogP contribution >= 0.6 is 0 Å². The van der Waals surface area contributed by atoms with Gasteiger partial charge in [-0.2, -0.15) is 16.2 Å². The molecule has 4 heteroatoms. The van der Waals surface area contributed by atoms with Crippen molar-refractivity contribution in [3.05, 3.63) is 22.6 Å². The summed E-state index contributed by atoms with van der Waals surface area (Å²) < 4.78 is 1.92. The summed E-state index contributed by atoms with van der Waals surface area (Å²) in [5.74, 6) is 0.844. The monoisotopic (exact) mass is 251 g/mol. The molecule has 67 valence electrons. The number of fused-ring (bicyclic) bond motifs is 1. The Kier molecular flexibility index (Phi) is 2.98. The summed E-state index contributed by atoms with van der Waals surface area (Å²) in [6.45, 7) is 8.19. The SMILES string of the molecule is Cc1nc2[c-](C)c(C)c(C)n2n1.[Y]. The summed E-state index contributed by atoms with van der Waals surface area (Å²) in [6, 6.07) is 0. The first-order chi connectivity index (χ1) is 5.61. The second-order valence-corrected chi connectivity index (χ2v) is 3.23. The number of nitrogens with zero attached hydrogens (tertiary/aromatic N) is 3. The first-order valence-electron chi connectivity index (χ1n) is 4.07. The van der Waals surface area contributed by atoms with Crippen LogP contribution in [0.5, 0.6) is 0 Å². The van der Waals surface area contributed by atoms with Crippen LogP contribution in [0.4, 0.5) is 0 Å². The number of aryl methyl sites for hydroxylation is 3. The van der Waals surface area contributed by atoms with Gasteiger partial charge in [0, 0.05) is 32.7 Å². The van der Waals surface area contributed by atoms with Crippen molar-refractivity contribution in [3.8, 4) is 0 Å². The van der Waals surface area contributed by atoms with E-state index < -0.39 is 0 Å². The summed E-state index contributed by atoms with van der Waals surface area (Å²) in [4.78, 5) is 4.35. The summed E-state index contributed by atoms with van der Waals surface area (Å²) >= 11 is 0. The van der Waals surface area contributed by atoms with E-state index in [-0.39, 0.29) is 32.7 Å². The van der Waals surface area contributed by atoms with Crippen molar-refractivity contribution in [1.82, 2.24) is 14.6 Å². The molecule has 2 aromatic rings. The zero-order valence-corrected chi connectivity index (χ0v) is 11.3. The van der Waals surface area contributed by atoms with E-state index in [1.165, 1.54) is 16.8 Å². The van der Waals surface area contributed by atoms with Gasteiger partial charge in [0.25, 0.3) is 0 Å². The van der Waals surface area contributed by atoms with Crippen LogP contribution in [-0.4, -0.2) is 14.6 Å². The van der Waals surface area contributed by atoms with Crippen LogP contribution < -0.4 is 0 Å². The molecule has 0 bridgehead atoms. The van der Waals surface area contributed by atoms with E-state index in [1.807, 2.05) is 11.4 Å². The molecule has 0 saturated carbocycles. The van der Waals surface area contributed by atoms with Crippen molar-refractivity contribution in [1.29, 1.82) is 0 Å². The molecule has 0 amide bonds. The zero-order valence-electron chi connectivity index (χ0n) is 8.42. The van der Waals surface area contributed by atoms with Crippen LogP contribution in [0.25, 0.3) is 5.65 Å². The first-order valence-corrected chi connectivity index (χ1v) is 4.07. The molecule has 0 fully saturated rings. The van der Waals surface area contributed by atoms with Gasteiger partial charge in [-0.1, -0.05) is 13.8 Å². The summed E-state index contributed by atoms with van der Waals surface area (Å²) in [5, 5.41) is 4.30. The number of rotatable bonds is 0. The zero-order chi connectivity index (χ0) is 8.88. The fourth-order valence-electron chi connectivity index (χ4n) is 1.49. The van der Waals surface area contributed by atoms with Gasteiger partial charge in [-0.15, -0.1) is 12.6 Å². The van der Waals surface area contributed by atoms with Gasteiger partial charge in [0.1, 0.15) is 5.82 Å². The Morgan fingerprint density at radius 1 is 1.23 bits per heavy atom. The Labute approximate surface area is 103 Å². The molecule has 3 nitrogen and oxygen atoms in total. The molecule has 0 aliphatic carbocycles. The Hall–Kier alpha value is -0.146. The van der Waals surface area contributed by atoms with Crippen LogP contribution in [-0.2, 0) is 32.7 Å². The molecular weight excluding hydrogens is 239 g/mol. The molecule has 2 aromatic heterocycles. The minimum absolute atomic E-state index is 0. The van der Waals surface area contributed by atoms with Gasteiger partial charge in [-0.3, -0.25) is 0 Å². The molecule has 2 rings (SSSR count). The largest absolute Gasteiger partial charge is 0.314 e. The van der Waals surface area contributed by atoms with Gasteiger partial charge < -0.3 is 4.52 Å². The third kappa shape index (κ3) is 1.48. The van der Waals surface area contributed by atoms with Crippen molar-refractivity contribution in [3.63, 3.8) is 0 Å². The summed E-state index contributed by atoms with van der Waals surface area (Å²) in [7, 11) is 0. The van der Waals surface area contributed by atoms with Gasteiger partial charge in [0.15, 0.2) is 0 Å². The van der Waals surface area contributed by atoms with Crippen LogP contribution in [0.3, 0.4) is 0 Å². The maximum absolute atomic E-state index is 4.35. The average Bonchev–Trinajstić information content (AvgIpc) is 2.49. The summed E-state index contributed by atoms with van der Waals surface area (Å²) in [6.07, 6.45) is 0.